The Hall–Kier alpha value is -2.10. The van der Waals surface area contributed by atoms with Crippen molar-refractivity contribution in [3.8, 4) is 0 Å². The molecule has 0 heterocycles. The molecule has 0 saturated carbocycles. The molecule has 0 aliphatic heterocycles. The number of aliphatic imine (C=N–C) groups is 1. The molecule has 4 heteroatoms. The monoisotopic (exact) mass is 277 g/mol. The maximum Gasteiger partial charge on any atom is 0.414 e. The quantitative estimate of drug-likeness (QED) is 0.720. The van der Waals surface area contributed by atoms with Crippen molar-refractivity contribution in [1.29, 1.82) is 0 Å². The summed E-state index contributed by atoms with van der Waals surface area (Å²) in [7, 11) is 0. The molecule has 104 valence electrons. The van der Waals surface area contributed by atoms with E-state index in [0.29, 0.717) is 5.56 Å². The molecule has 0 spiro atoms. The van der Waals surface area contributed by atoms with Crippen LogP contribution in [0.5, 0.6) is 0 Å². The Morgan fingerprint density at radius 2 is 1.55 bits per heavy atom. The van der Waals surface area contributed by atoms with Crippen LogP contribution >= 0.6 is 0 Å². The van der Waals surface area contributed by atoms with Gasteiger partial charge >= 0.3 is 6.18 Å². The topological polar surface area (TPSA) is 12.4 Å². The SMILES string of the molecule is Cc1ccc(C(N=Cc2ccccc2)C(F)(F)F)cc1. The van der Waals surface area contributed by atoms with Crippen molar-refractivity contribution in [3.05, 3.63) is 71.3 Å². The van der Waals surface area contributed by atoms with Gasteiger partial charge in [-0.2, -0.15) is 13.2 Å². The highest BCUT2D eigenvalue weighted by atomic mass is 19.4. The fourth-order valence-corrected chi connectivity index (χ4v) is 1.81. The van der Waals surface area contributed by atoms with Gasteiger partial charge in [-0.1, -0.05) is 60.2 Å². The minimum Gasteiger partial charge on any atom is -0.275 e. The Kier molecular flexibility index (Phi) is 4.23. The van der Waals surface area contributed by atoms with Crippen LogP contribution in [-0.2, 0) is 0 Å². The second kappa shape index (κ2) is 5.90. The normalized spacial score (nSPS) is 13.6. The summed E-state index contributed by atoms with van der Waals surface area (Å²) in [5.74, 6) is 0. The third-order valence-electron chi connectivity index (χ3n) is 2.88. The Morgan fingerprint density at radius 1 is 0.950 bits per heavy atom. The molecule has 0 aromatic heterocycles. The first-order valence-corrected chi connectivity index (χ1v) is 6.18. The van der Waals surface area contributed by atoms with Crippen molar-refractivity contribution >= 4 is 6.21 Å². The van der Waals surface area contributed by atoms with Gasteiger partial charge in [0, 0.05) is 6.21 Å². The van der Waals surface area contributed by atoms with Gasteiger partial charge in [0.1, 0.15) is 0 Å². The summed E-state index contributed by atoms with van der Waals surface area (Å²) in [4.78, 5) is 3.72. The van der Waals surface area contributed by atoms with Crippen LogP contribution in [-0.4, -0.2) is 12.4 Å². The Morgan fingerprint density at radius 3 is 2.10 bits per heavy atom. The highest BCUT2D eigenvalue weighted by Gasteiger charge is 2.40. The lowest BCUT2D eigenvalue weighted by molar-refractivity contribution is -0.148. The molecule has 2 aromatic rings. The number of nitrogens with zero attached hydrogens (tertiary/aromatic N) is 1. The molecular weight excluding hydrogens is 263 g/mol. The molecule has 20 heavy (non-hydrogen) atoms. The molecule has 0 aliphatic rings. The van der Waals surface area contributed by atoms with Crippen molar-refractivity contribution in [2.24, 2.45) is 4.99 Å². The number of benzene rings is 2. The van der Waals surface area contributed by atoms with E-state index in [2.05, 4.69) is 4.99 Å². The fourth-order valence-electron chi connectivity index (χ4n) is 1.81. The van der Waals surface area contributed by atoms with E-state index in [4.69, 9.17) is 0 Å². The summed E-state index contributed by atoms with van der Waals surface area (Å²) < 4.78 is 39.3. The second-order valence-corrected chi connectivity index (χ2v) is 4.54. The average Bonchev–Trinajstić information content (AvgIpc) is 2.41. The lowest BCUT2D eigenvalue weighted by Crippen LogP contribution is -2.19. The van der Waals surface area contributed by atoms with Crippen molar-refractivity contribution in [1.82, 2.24) is 0 Å². The van der Waals surface area contributed by atoms with Crippen LogP contribution < -0.4 is 0 Å². The zero-order valence-corrected chi connectivity index (χ0v) is 10.9. The maximum atomic E-state index is 13.1. The van der Waals surface area contributed by atoms with Crippen LogP contribution in [0.3, 0.4) is 0 Å². The molecule has 0 radical (unpaired) electrons. The van der Waals surface area contributed by atoms with Crippen molar-refractivity contribution in [2.45, 2.75) is 19.1 Å². The summed E-state index contributed by atoms with van der Waals surface area (Å²) in [6.07, 6.45) is -3.14. The number of halogens is 3. The fraction of sp³-hybridized carbons (Fsp3) is 0.188. The molecule has 0 saturated heterocycles. The minimum atomic E-state index is -4.40. The third kappa shape index (κ3) is 3.70. The maximum absolute atomic E-state index is 13.1. The Bertz CT molecular complexity index is 571. The molecule has 1 atom stereocenters. The zero-order chi connectivity index (χ0) is 14.6. The van der Waals surface area contributed by atoms with Crippen molar-refractivity contribution < 1.29 is 13.2 Å². The summed E-state index contributed by atoms with van der Waals surface area (Å²) in [6.45, 7) is 1.83. The van der Waals surface area contributed by atoms with Gasteiger partial charge in [0.25, 0.3) is 0 Å². The molecule has 0 bridgehead atoms. The molecule has 2 aromatic carbocycles. The first-order chi connectivity index (χ1) is 9.47. The van der Waals surface area contributed by atoms with Gasteiger partial charge in [-0.15, -0.1) is 0 Å². The van der Waals surface area contributed by atoms with Crippen LogP contribution in [0.25, 0.3) is 0 Å². The van der Waals surface area contributed by atoms with E-state index >= 15 is 0 Å². The van der Waals surface area contributed by atoms with Gasteiger partial charge in [-0.3, -0.25) is 4.99 Å². The van der Waals surface area contributed by atoms with Crippen molar-refractivity contribution in [3.63, 3.8) is 0 Å². The smallest absolute Gasteiger partial charge is 0.275 e. The van der Waals surface area contributed by atoms with E-state index in [1.54, 1.807) is 42.5 Å². The first-order valence-electron chi connectivity index (χ1n) is 6.18. The number of hydrogen-bond donors (Lipinski definition) is 0. The summed E-state index contributed by atoms with van der Waals surface area (Å²) in [5, 5.41) is 0. The van der Waals surface area contributed by atoms with Gasteiger partial charge in [-0.05, 0) is 18.1 Å². The van der Waals surface area contributed by atoms with Gasteiger partial charge < -0.3 is 0 Å². The number of alkyl halides is 3. The molecule has 0 fully saturated rings. The standard InChI is InChI=1S/C16H14F3N/c1-12-7-9-14(10-8-12)15(16(17,18)19)20-11-13-5-3-2-4-6-13/h2-11,15H,1H3. The van der Waals surface area contributed by atoms with E-state index in [-0.39, 0.29) is 5.56 Å². The summed E-state index contributed by atoms with van der Waals surface area (Å²) in [6, 6.07) is 13.2. The number of rotatable bonds is 3. The highest BCUT2D eigenvalue weighted by molar-refractivity contribution is 5.79. The third-order valence-corrected chi connectivity index (χ3v) is 2.88. The van der Waals surface area contributed by atoms with E-state index in [9.17, 15) is 13.2 Å². The summed E-state index contributed by atoms with van der Waals surface area (Å²) >= 11 is 0. The molecule has 0 aliphatic carbocycles. The second-order valence-electron chi connectivity index (χ2n) is 4.54. The average molecular weight is 277 g/mol. The molecular formula is C16H14F3N. The molecule has 1 nitrogen and oxygen atoms in total. The largest absolute Gasteiger partial charge is 0.414 e. The van der Waals surface area contributed by atoms with Crippen LogP contribution in [0.15, 0.2) is 59.6 Å². The lowest BCUT2D eigenvalue weighted by Gasteiger charge is -2.16. The molecule has 2 rings (SSSR count). The van der Waals surface area contributed by atoms with Crippen molar-refractivity contribution in [2.75, 3.05) is 0 Å². The predicted molar refractivity (Wildman–Crippen MR) is 74.0 cm³/mol. The lowest BCUT2D eigenvalue weighted by atomic mass is 10.1. The Labute approximate surface area is 115 Å². The highest BCUT2D eigenvalue weighted by Crippen LogP contribution is 2.35. The predicted octanol–water partition coefficient (Wildman–Crippen LogP) is 4.72. The van der Waals surface area contributed by atoms with Gasteiger partial charge in [-0.25, -0.2) is 0 Å². The minimum absolute atomic E-state index is 0.148. The van der Waals surface area contributed by atoms with E-state index in [1.165, 1.54) is 18.3 Å². The molecule has 0 amide bonds. The van der Waals surface area contributed by atoms with Crippen LogP contribution in [0.2, 0.25) is 0 Å². The number of aryl methyl sites for hydroxylation is 1. The van der Waals surface area contributed by atoms with Gasteiger partial charge in [0.05, 0.1) is 0 Å². The van der Waals surface area contributed by atoms with Crippen LogP contribution in [0, 0.1) is 6.92 Å². The van der Waals surface area contributed by atoms with Crippen LogP contribution in [0.4, 0.5) is 13.2 Å². The Balaban J connectivity index is 2.30. The molecule has 0 N–H and O–H groups in total. The van der Waals surface area contributed by atoms with Crippen LogP contribution in [0.1, 0.15) is 22.7 Å². The first kappa shape index (κ1) is 14.3. The molecule has 1 unspecified atom stereocenters. The van der Waals surface area contributed by atoms with E-state index in [1.807, 2.05) is 6.92 Å². The van der Waals surface area contributed by atoms with E-state index < -0.39 is 12.2 Å². The number of hydrogen-bond acceptors (Lipinski definition) is 1. The van der Waals surface area contributed by atoms with Gasteiger partial charge in [0.2, 0.25) is 0 Å². The van der Waals surface area contributed by atoms with Gasteiger partial charge in [0.15, 0.2) is 6.04 Å². The zero-order valence-electron chi connectivity index (χ0n) is 10.9. The van der Waals surface area contributed by atoms with E-state index in [0.717, 1.165) is 5.56 Å². The summed E-state index contributed by atoms with van der Waals surface area (Å²) in [5.41, 5.74) is 1.71.